The number of alkyl halides is 1. The fourth-order valence-electron chi connectivity index (χ4n) is 1.78. The van der Waals surface area contributed by atoms with Gasteiger partial charge in [0.1, 0.15) is 11.6 Å². The van der Waals surface area contributed by atoms with Crippen LogP contribution in [0, 0.1) is 11.6 Å². The number of benzene rings is 2. The normalized spacial score (nSPS) is 12.5. The van der Waals surface area contributed by atoms with Crippen molar-refractivity contribution in [3.8, 4) is 0 Å². The molecule has 2 rings (SSSR count). The van der Waals surface area contributed by atoms with Gasteiger partial charge in [-0.3, -0.25) is 0 Å². The Balaban J connectivity index is 2.31. The Bertz CT molecular complexity index is 582. The lowest BCUT2D eigenvalue weighted by molar-refractivity contribution is 0.553. The van der Waals surface area contributed by atoms with E-state index in [2.05, 4.69) is 15.9 Å². The van der Waals surface area contributed by atoms with Crippen LogP contribution >= 0.6 is 39.1 Å². The summed E-state index contributed by atoms with van der Waals surface area (Å²) in [6.45, 7) is 0. The molecule has 0 bridgehead atoms. The summed E-state index contributed by atoms with van der Waals surface area (Å²) >= 11 is 15.6. The van der Waals surface area contributed by atoms with Crippen LogP contribution in [0.25, 0.3) is 0 Å². The van der Waals surface area contributed by atoms with Crippen molar-refractivity contribution in [3.05, 3.63) is 68.7 Å². The van der Waals surface area contributed by atoms with Gasteiger partial charge in [0.05, 0.1) is 10.4 Å². The first-order valence-electron chi connectivity index (χ1n) is 5.51. The summed E-state index contributed by atoms with van der Waals surface area (Å²) in [4.78, 5) is 0. The molecule has 0 radical (unpaired) electrons. The number of hydrogen-bond donors (Lipinski definition) is 0. The highest BCUT2D eigenvalue weighted by Gasteiger charge is 2.18. The first kappa shape index (κ1) is 14.8. The SMILES string of the molecule is Fc1cccc(F)c1CC(Cl)c1cccc(Br)c1Cl. The van der Waals surface area contributed by atoms with E-state index in [1.165, 1.54) is 18.2 Å². The topological polar surface area (TPSA) is 0 Å². The van der Waals surface area contributed by atoms with Gasteiger partial charge in [-0.2, -0.15) is 0 Å². The van der Waals surface area contributed by atoms with Crippen LogP contribution in [0.1, 0.15) is 16.5 Å². The third-order valence-electron chi connectivity index (χ3n) is 2.76. The van der Waals surface area contributed by atoms with Crippen LogP contribution in [0.2, 0.25) is 5.02 Å². The zero-order chi connectivity index (χ0) is 14.0. The summed E-state index contributed by atoms with van der Waals surface area (Å²) in [7, 11) is 0. The fraction of sp³-hybridized carbons (Fsp3) is 0.143. The molecule has 0 amide bonds. The third kappa shape index (κ3) is 3.28. The Labute approximate surface area is 128 Å². The maximum absolute atomic E-state index is 13.6. The molecule has 0 aliphatic heterocycles. The van der Waals surface area contributed by atoms with Gasteiger partial charge in [-0.1, -0.05) is 29.8 Å². The molecular formula is C14H9BrCl2F2. The van der Waals surface area contributed by atoms with E-state index >= 15 is 0 Å². The van der Waals surface area contributed by atoms with E-state index in [9.17, 15) is 8.78 Å². The van der Waals surface area contributed by atoms with Gasteiger partial charge in [-0.05, 0) is 46.1 Å². The van der Waals surface area contributed by atoms with Crippen LogP contribution in [-0.4, -0.2) is 0 Å². The smallest absolute Gasteiger partial charge is 0.129 e. The van der Waals surface area contributed by atoms with Crippen LogP contribution in [0.15, 0.2) is 40.9 Å². The summed E-state index contributed by atoms with van der Waals surface area (Å²) < 4.78 is 27.8. The van der Waals surface area contributed by atoms with Gasteiger partial charge in [0, 0.05) is 10.0 Å². The van der Waals surface area contributed by atoms with E-state index in [0.717, 1.165) is 0 Å². The monoisotopic (exact) mass is 364 g/mol. The quantitative estimate of drug-likeness (QED) is 0.593. The first-order valence-corrected chi connectivity index (χ1v) is 7.12. The van der Waals surface area contributed by atoms with E-state index < -0.39 is 17.0 Å². The molecule has 0 aromatic heterocycles. The second-order valence-electron chi connectivity index (χ2n) is 4.01. The molecule has 0 aliphatic rings. The van der Waals surface area contributed by atoms with E-state index in [1.54, 1.807) is 18.2 Å². The van der Waals surface area contributed by atoms with Gasteiger partial charge in [0.2, 0.25) is 0 Å². The Morgan fingerprint density at radius 2 is 1.63 bits per heavy atom. The van der Waals surface area contributed by atoms with Crippen LogP contribution in [-0.2, 0) is 6.42 Å². The molecule has 0 saturated heterocycles. The third-order valence-corrected chi connectivity index (χ3v) is 4.46. The van der Waals surface area contributed by atoms with Crippen LogP contribution in [0.5, 0.6) is 0 Å². The molecule has 100 valence electrons. The van der Waals surface area contributed by atoms with Crippen molar-refractivity contribution in [2.24, 2.45) is 0 Å². The summed E-state index contributed by atoms with van der Waals surface area (Å²) in [6.07, 6.45) is 0.0379. The first-order chi connectivity index (χ1) is 9.00. The van der Waals surface area contributed by atoms with Crippen LogP contribution in [0.3, 0.4) is 0 Å². The minimum Gasteiger partial charge on any atom is -0.207 e. The number of rotatable bonds is 3. The zero-order valence-electron chi connectivity index (χ0n) is 9.64. The van der Waals surface area contributed by atoms with Crippen molar-refractivity contribution >= 4 is 39.1 Å². The largest absolute Gasteiger partial charge is 0.207 e. The van der Waals surface area contributed by atoms with Gasteiger partial charge in [-0.25, -0.2) is 8.78 Å². The molecular weight excluding hydrogens is 357 g/mol. The van der Waals surface area contributed by atoms with Crippen LogP contribution in [0.4, 0.5) is 8.78 Å². The Morgan fingerprint density at radius 1 is 1.05 bits per heavy atom. The predicted molar refractivity (Wildman–Crippen MR) is 77.8 cm³/mol. The minimum absolute atomic E-state index is 0.0291. The highest BCUT2D eigenvalue weighted by molar-refractivity contribution is 9.10. The van der Waals surface area contributed by atoms with Gasteiger partial charge in [0.25, 0.3) is 0 Å². The lowest BCUT2D eigenvalue weighted by Crippen LogP contribution is -2.02. The maximum atomic E-state index is 13.6. The van der Waals surface area contributed by atoms with Gasteiger partial charge < -0.3 is 0 Å². The van der Waals surface area contributed by atoms with Gasteiger partial charge in [-0.15, -0.1) is 11.6 Å². The second kappa shape index (κ2) is 6.21. The molecule has 0 spiro atoms. The Morgan fingerprint density at radius 3 is 2.26 bits per heavy atom. The highest BCUT2D eigenvalue weighted by atomic mass is 79.9. The highest BCUT2D eigenvalue weighted by Crippen LogP contribution is 2.35. The zero-order valence-corrected chi connectivity index (χ0v) is 12.7. The van der Waals surface area contributed by atoms with Crippen LogP contribution < -0.4 is 0 Å². The van der Waals surface area contributed by atoms with E-state index in [1.807, 2.05) is 0 Å². The van der Waals surface area contributed by atoms with Crippen molar-refractivity contribution in [3.63, 3.8) is 0 Å². The molecule has 0 N–H and O–H groups in total. The maximum Gasteiger partial charge on any atom is 0.129 e. The van der Waals surface area contributed by atoms with Crippen molar-refractivity contribution in [2.45, 2.75) is 11.8 Å². The molecule has 0 nitrogen and oxygen atoms in total. The molecule has 0 heterocycles. The minimum atomic E-state index is -0.601. The molecule has 0 saturated carbocycles. The standard InChI is InChI=1S/C14H9BrCl2F2/c15-10-4-1-3-8(14(10)17)11(16)7-9-12(18)5-2-6-13(9)19/h1-6,11H,7H2. The van der Waals surface area contributed by atoms with Crippen molar-refractivity contribution in [1.29, 1.82) is 0 Å². The Hall–Kier alpha value is -0.640. The van der Waals surface area contributed by atoms with E-state index in [-0.39, 0.29) is 12.0 Å². The van der Waals surface area contributed by atoms with Gasteiger partial charge >= 0.3 is 0 Å². The average molecular weight is 366 g/mol. The average Bonchev–Trinajstić information content (AvgIpc) is 2.37. The molecule has 0 fully saturated rings. The number of halogens is 5. The second-order valence-corrected chi connectivity index (χ2v) is 5.77. The van der Waals surface area contributed by atoms with Crippen molar-refractivity contribution < 1.29 is 8.78 Å². The summed E-state index contributed by atoms with van der Waals surface area (Å²) in [6, 6.07) is 9.04. The lowest BCUT2D eigenvalue weighted by Gasteiger charge is -2.13. The molecule has 1 atom stereocenters. The van der Waals surface area contributed by atoms with E-state index in [4.69, 9.17) is 23.2 Å². The molecule has 2 aromatic carbocycles. The summed E-state index contributed by atoms with van der Waals surface area (Å²) in [5, 5.41) is -0.143. The van der Waals surface area contributed by atoms with Crippen molar-refractivity contribution in [2.75, 3.05) is 0 Å². The van der Waals surface area contributed by atoms with E-state index in [0.29, 0.717) is 15.1 Å². The molecule has 2 aromatic rings. The fourth-order valence-corrected chi connectivity index (χ4v) is 2.81. The molecule has 0 aliphatic carbocycles. The number of hydrogen-bond acceptors (Lipinski definition) is 0. The van der Waals surface area contributed by atoms with Gasteiger partial charge in [0.15, 0.2) is 0 Å². The predicted octanol–water partition coefficient (Wildman–Crippen LogP) is 5.90. The van der Waals surface area contributed by atoms with Crippen molar-refractivity contribution in [1.82, 2.24) is 0 Å². The molecule has 19 heavy (non-hydrogen) atoms. The molecule has 1 unspecified atom stereocenters. The lowest BCUT2D eigenvalue weighted by atomic mass is 10.0. The summed E-state index contributed by atoms with van der Waals surface area (Å²) in [5.74, 6) is -1.20. The Kier molecular flexibility index (Phi) is 4.82. The molecule has 5 heteroatoms. The summed E-state index contributed by atoms with van der Waals surface area (Å²) in [5.41, 5.74) is 0.610.